The molecule has 43 heteroatoms. The van der Waals surface area contributed by atoms with Crippen molar-refractivity contribution in [3.8, 4) is 68.2 Å². The van der Waals surface area contributed by atoms with Crippen LogP contribution in [0.3, 0.4) is 0 Å². The minimum absolute atomic E-state index is 0.0317. The van der Waals surface area contributed by atoms with Gasteiger partial charge in [-0.15, -0.1) is 0 Å². The number of fused-ring (bicyclic) bond motifs is 15. The Morgan fingerprint density at radius 1 is 0.654 bits per heavy atom. The predicted octanol–water partition coefficient (Wildman–Crippen LogP) is 2.14. The van der Waals surface area contributed by atoms with Crippen molar-refractivity contribution in [2.45, 2.75) is 213 Å². The second-order valence-corrected chi connectivity index (χ2v) is 35.2. The Hall–Kier alpha value is -11.2. The quantitative estimate of drug-likeness (QED) is 0.0304. The minimum Gasteiger partial charge on any atom is -0.508 e. The monoisotopic (exact) mass is 1910 g/mol. The standard InChI is InChI=1S/C90H105Cl3N12O28/c1-38(107)24-54(97-6)81(118)104-71-73(113)45-15-20-58(52(92)26-45)128-60-28-47-29-61(77(60)133-88-78(75(115)74(114)62(36-106)130-88)132-66-34-90(5,80(117)40(3)127-66)99-35-41-8-10-42(11-9-41)43-12-17-48(91)18-13-43)129-59-21-16-46(27-53(59)93)76(131-65-33-89(4,96)79(116)39(2)126-65)72-86(123)103-70(87(124)125-37-64(112)98-23-7-22-94)51-30-49(108)31-57(110)67(51)50-25-44(14-19-56(50)109)68(83(120)105-72)102-84(121)69(47)101-82(119)55(32-63(95)111)100-85(71)122/h8-21,25-31,38-40,54-55,62,65-66,68-76,78-80,88,97,99,106-110,113-117H,7,22-24,32-37,94,96H2,1-6H3,(H2,95,111)(H,98,112)(H,100,122)(H,101,119)(H,102,121)(H,103,123)(H,104,118)(H,105,120)/t38?,39-,40-,54+,55-,62+,65-,66-,68+,69+,70-,71+,72-,73+,74+,75-,76+,78+,79-,80-,88-,89-,90-/m0/s1. The summed E-state index contributed by atoms with van der Waals surface area (Å²) in [4.78, 5) is 136. The molecule has 1 unspecified atom stereocenters. The Balaban J connectivity index is 1.02. The van der Waals surface area contributed by atoms with Gasteiger partial charge in [-0.2, -0.15) is 0 Å². The van der Waals surface area contributed by atoms with Crippen molar-refractivity contribution in [1.29, 1.82) is 0 Å². The Morgan fingerprint density at radius 2 is 1.26 bits per heavy atom. The van der Waals surface area contributed by atoms with E-state index in [1.165, 1.54) is 52.1 Å². The number of aliphatic hydroxyl groups excluding tert-OH is 7. The minimum atomic E-state index is -2.45. The van der Waals surface area contributed by atoms with Crippen LogP contribution >= 0.6 is 34.8 Å². The Kier molecular flexibility index (Phi) is 31.5. The highest BCUT2D eigenvalue weighted by Crippen LogP contribution is 2.51. The Labute approximate surface area is 776 Å². The smallest absolute Gasteiger partial charge is 0.333 e. The van der Waals surface area contributed by atoms with Crippen molar-refractivity contribution in [2.24, 2.45) is 17.2 Å². The number of benzene rings is 7. The number of halogens is 3. The van der Waals surface area contributed by atoms with Gasteiger partial charge in [-0.25, -0.2) is 4.79 Å². The van der Waals surface area contributed by atoms with Gasteiger partial charge in [-0.05, 0) is 167 Å². The summed E-state index contributed by atoms with van der Waals surface area (Å²) in [7, 11) is 1.36. The fourth-order valence-corrected chi connectivity index (χ4v) is 17.2. The number of phenols is 3. The lowest BCUT2D eigenvalue weighted by atomic mass is 9.84. The van der Waals surface area contributed by atoms with E-state index >= 15 is 28.8 Å². The first-order chi connectivity index (χ1) is 63.1. The number of aromatic hydroxyl groups is 3. The number of phenolic OH excluding ortho intramolecular Hbond substituents is 3. The van der Waals surface area contributed by atoms with E-state index in [9.17, 15) is 65.4 Å². The summed E-state index contributed by atoms with van der Waals surface area (Å²) in [6, 6.07) is 13.7. The number of likely N-dealkylation sites (N-methyl/N-ethyl adjacent to an activating group) is 1. The van der Waals surface area contributed by atoms with Gasteiger partial charge in [0.05, 0.1) is 59.6 Å². The number of carbonyl (C=O) groups excluding carboxylic acids is 9. The number of nitrogens with two attached hydrogens (primary N) is 3. The summed E-state index contributed by atoms with van der Waals surface area (Å²) < 4.78 is 58.7. The van der Waals surface area contributed by atoms with Crippen molar-refractivity contribution >= 4 is 88.0 Å². The summed E-state index contributed by atoms with van der Waals surface area (Å²) in [6.07, 6.45) is -24.8. The van der Waals surface area contributed by atoms with Crippen molar-refractivity contribution < 1.29 is 137 Å². The van der Waals surface area contributed by atoms with Gasteiger partial charge < -0.3 is 159 Å². The van der Waals surface area contributed by atoms with Gasteiger partial charge in [0.25, 0.3) is 5.91 Å². The molecule has 8 aliphatic heterocycles. The molecule has 0 saturated carbocycles. The van der Waals surface area contributed by atoms with Crippen molar-refractivity contribution in [3.63, 3.8) is 0 Å². The van der Waals surface area contributed by atoms with E-state index in [-0.39, 0.29) is 50.0 Å². The molecule has 15 rings (SSSR count). The predicted molar refractivity (Wildman–Crippen MR) is 472 cm³/mol. The number of aliphatic hydroxyl groups is 7. The molecule has 714 valence electrons. The van der Waals surface area contributed by atoms with Gasteiger partial charge in [0.2, 0.25) is 53.4 Å². The van der Waals surface area contributed by atoms with Crippen LogP contribution in [0.1, 0.15) is 130 Å². The highest BCUT2D eigenvalue weighted by atomic mass is 35.5. The average Bonchev–Trinajstić information content (AvgIpc) is 0.770. The van der Waals surface area contributed by atoms with Crippen LogP contribution in [0.25, 0.3) is 22.3 Å². The molecule has 0 radical (unpaired) electrons. The second kappa shape index (κ2) is 42.2. The van der Waals surface area contributed by atoms with Gasteiger partial charge in [0, 0.05) is 64.8 Å². The largest absolute Gasteiger partial charge is 0.508 e. The lowest BCUT2D eigenvalue weighted by molar-refractivity contribution is -0.334. The Bertz CT molecular complexity index is 5500. The van der Waals surface area contributed by atoms with Gasteiger partial charge in [-0.3, -0.25) is 38.4 Å². The number of nitrogens with one attached hydrogen (secondary N) is 9. The fraction of sp³-hybridized carbons (Fsp3) is 0.433. The van der Waals surface area contributed by atoms with E-state index in [0.29, 0.717) is 11.4 Å². The summed E-state index contributed by atoms with van der Waals surface area (Å²) in [6.45, 7) is 5.89. The lowest BCUT2D eigenvalue weighted by Gasteiger charge is -2.48. The van der Waals surface area contributed by atoms with E-state index in [2.05, 4.69) is 47.9 Å². The van der Waals surface area contributed by atoms with Crippen LogP contribution in [0, 0.1) is 0 Å². The van der Waals surface area contributed by atoms with Crippen LogP contribution in [-0.4, -0.2) is 247 Å². The number of rotatable bonds is 24. The number of esters is 1. The number of carbonyl (C=O) groups is 9. The molecule has 8 amide bonds. The summed E-state index contributed by atoms with van der Waals surface area (Å²) >= 11 is 20.9. The zero-order valence-corrected chi connectivity index (χ0v) is 74.8. The molecule has 23 atom stereocenters. The highest BCUT2D eigenvalue weighted by Gasteiger charge is 2.53. The molecule has 0 aliphatic carbocycles. The molecule has 133 heavy (non-hydrogen) atoms. The average molecular weight is 1910 g/mol. The second-order valence-electron chi connectivity index (χ2n) is 33.9. The first-order valence-corrected chi connectivity index (χ1v) is 43.7. The summed E-state index contributed by atoms with van der Waals surface area (Å²) in [5.74, 6) is -17.1. The summed E-state index contributed by atoms with van der Waals surface area (Å²) in [5, 5.41) is 141. The SMILES string of the molecule is CN[C@H](CC(C)O)C(=O)N[C@H]1C(=O)N[C@@H](CC(N)=O)C(=O)N[C@H]2C(=O)N[C@H]3C(=O)N[C@H](C(=O)N[C@H](C(=O)OCC(=O)NCCCN)c4cc(O)cc(O)c4-c4cc3ccc4O)[C@H](O[C@H]3C[C@](C)(N)[C@@H](O)[C@H](C)O3)c3ccc(c(Cl)c3)Oc3cc2cc(c3O[C@@H]2O[C@H](CO)[C@@H](O)[C@H](O)[C@H]2O[C@H]2C[C@](C)(NCc3ccc(-c4ccc(Cl)cc4)cc3)[C@@H](O)[C@H](C)O2)Oc2ccc(cc2Cl)[C@H]1O. The molecule has 3 fully saturated rings. The van der Waals surface area contributed by atoms with Gasteiger partial charge >= 0.3 is 5.97 Å². The van der Waals surface area contributed by atoms with Crippen LogP contribution in [0.15, 0.2) is 127 Å². The molecule has 7 aromatic carbocycles. The zero-order valence-electron chi connectivity index (χ0n) is 72.5. The number of amides is 8. The molecule has 8 heterocycles. The lowest BCUT2D eigenvalue weighted by Crippen LogP contribution is -2.65. The van der Waals surface area contributed by atoms with E-state index < -0.39 is 296 Å². The third-order valence-corrected chi connectivity index (χ3v) is 24.7. The third-order valence-electron chi connectivity index (χ3n) is 23.8. The van der Waals surface area contributed by atoms with Crippen molar-refractivity contribution in [3.05, 3.63) is 176 Å². The van der Waals surface area contributed by atoms with Crippen LogP contribution in [0.4, 0.5) is 0 Å². The van der Waals surface area contributed by atoms with Gasteiger partial charge in [-0.1, -0.05) is 89.4 Å². The topological polar surface area (TPSA) is 625 Å². The summed E-state index contributed by atoms with van der Waals surface area (Å²) in [5.41, 5.74) is 15.1. The molecule has 8 aliphatic rings. The van der Waals surface area contributed by atoms with E-state index in [4.69, 9.17) is 94.6 Å². The number of hydrogen-bond donors (Lipinski definition) is 22. The molecule has 0 spiro atoms. The highest BCUT2D eigenvalue weighted by molar-refractivity contribution is 6.32. The molecular formula is C90H105Cl3N12O28. The van der Waals surface area contributed by atoms with Crippen molar-refractivity contribution in [2.75, 3.05) is 33.4 Å². The number of primary amides is 1. The number of ether oxygens (including phenoxy) is 9. The van der Waals surface area contributed by atoms with Crippen LogP contribution in [0.2, 0.25) is 15.1 Å². The molecule has 7 aromatic rings. The molecule has 11 bridgehead atoms. The van der Waals surface area contributed by atoms with Gasteiger partial charge in [0.15, 0.2) is 42.8 Å². The molecule has 3 saturated heterocycles. The maximum Gasteiger partial charge on any atom is 0.333 e. The molecule has 40 nitrogen and oxygen atoms in total. The van der Waals surface area contributed by atoms with Crippen LogP contribution in [-0.2, 0) is 78.1 Å². The van der Waals surface area contributed by atoms with E-state index in [1.807, 2.05) is 36.4 Å². The maximum absolute atomic E-state index is 16.7. The maximum atomic E-state index is 16.7. The van der Waals surface area contributed by atoms with Crippen molar-refractivity contribution in [1.82, 2.24) is 47.9 Å². The van der Waals surface area contributed by atoms with Gasteiger partial charge in [0.1, 0.15) is 89.5 Å². The Morgan fingerprint density at radius 3 is 1.89 bits per heavy atom. The molecule has 25 N–H and O–H groups in total. The van der Waals surface area contributed by atoms with E-state index in [0.717, 1.165) is 71.3 Å². The molecule has 0 aromatic heterocycles. The van der Waals surface area contributed by atoms with E-state index in [1.54, 1.807) is 26.0 Å². The first-order valence-electron chi connectivity index (χ1n) is 42.6. The fourth-order valence-electron chi connectivity index (χ4n) is 16.6. The first kappa shape index (κ1) is 99.3. The zero-order chi connectivity index (χ0) is 96.1. The number of hydrogen-bond acceptors (Lipinski definition) is 32. The van der Waals surface area contributed by atoms with Crippen LogP contribution in [0.5, 0.6) is 46.0 Å². The third kappa shape index (κ3) is 22.7. The van der Waals surface area contributed by atoms with Crippen LogP contribution < -0.4 is 79.3 Å². The normalized spacial score (nSPS) is 28.8. The molecular weight excluding hydrogens is 1800 g/mol.